The molecule has 0 saturated carbocycles. The lowest BCUT2D eigenvalue weighted by atomic mass is 9.91. The zero-order chi connectivity index (χ0) is 27.5. The first-order chi connectivity index (χ1) is 18.9. The number of methoxy groups -OCH3 is 2. The van der Waals surface area contributed by atoms with Crippen molar-refractivity contribution in [3.8, 4) is 23.0 Å². The first kappa shape index (κ1) is 26.2. The van der Waals surface area contributed by atoms with Gasteiger partial charge in [0.1, 0.15) is 23.7 Å². The number of carbonyl (C=O) groups excluding carboxylic acids is 1. The monoisotopic (exact) mass is 529 g/mol. The molecule has 3 aromatic carbocycles. The minimum absolute atomic E-state index is 0.145. The molecule has 0 aliphatic carbocycles. The molecule has 5 rings (SSSR count). The molecule has 0 saturated heterocycles. The highest BCUT2D eigenvalue weighted by atomic mass is 16.5. The number of hydrogen-bond donors (Lipinski definition) is 0. The van der Waals surface area contributed by atoms with Crippen molar-refractivity contribution in [3.05, 3.63) is 93.8 Å². The predicted octanol–water partition coefficient (Wildman–Crippen LogP) is 5.09. The van der Waals surface area contributed by atoms with Gasteiger partial charge in [-0.05, 0) is 73.4 Å². The van der Waals surface area contributed by atoms with Gasteiger partial charge in [0, 0.05) is 24.1 Å². The van der Waals surface area contributed by atoms with Crippen molar-refractivity contribution in [2.45, 2.75) is 32.4 Å². The average molecular weight is 530 g/mol. The molecule has 8 heteroatoms. The van der Waals surface area contributed by atoms with Gasteiger partial charge in [-0.1, -0.05) is 18.2 Å². The van der Waals surface area contributed by atoms with Crippen LogP contribution in [0.1, 0.15) is 29.7 Å². The van der Waals surface area contributed by atoms with E-state index in [0.29, 0.717) is 41.5 Å². The summed E-state index contributed by atoms with van der Waals surface area (Å²) in [4.78, 5) is 27.4. The van der Waals surface area contributed by atoms with Crippen molar-refractivity contribution in [3.63, 3.8) is 0 Å². The summed E-state index contributed by atoms with van der Waals surface area (Å²) in [5.74, 6) is 2.23. The highest BCUT2D eigenvalue weighted by Gasteiger charge is 2.35. The lowest BCUT2D eigenvalue weighted by molar-refractivity contribution is -0.141. The Morgan fingerprint density at radius 1 is 1.00 bits per heavy atom. The van der Waals surface area contributed by atoms with Gasteiger partial charge in [0.05, 0.1) is 20.3 Å². The van der Waals surface area contributed by atoms with Crippen molar-refractivity contribution in [2.75, 3.05) is 27.4 Å². The molecular formula is C31H31NO7. The molecule has 0 fully saturated rings. The Balaban J connectivity index is 1.46. The fraction of sp³-hybridized carbons (Fsp3) is 0.290. The summed E-state index contributed by atoms with van der Waals surface area (Å²) in [6, 6.07) is 19.6. The van der Waals surface area contributed by atoms with Crippen molar-refractivity contribution >= 4 is 16.9 Å². The number of carbonyl (C=O) groups is 1. The highest BCUT2D eigenvalue weighted by Crippen LogP contribution is 2.39. The van der Waals surface area contributed by atoms with E-state index in [1.807, 2.05) is 61.5 Å². The lowest BCUT2D eigenvalue weighted by Crippen LogP contribution is -2.47. The summed E-state index contributed by atoms with van der Waals surface area (Å²) >= 11 is 0. The van der Waals surface area contributed by atoms with Crippen LogP contribution in [0, 0.1) is 6.92 Å². The molecule has 202 valence electrons. The minimum atomic E-state index is -0.700. The number of hydrogen-bond acceptors (Lipinski definition) is 7. The van der Waals surface area contributed by atoms with E-state index in [1.54, 1.807) is 32.1 Å². The summed E-state index contributed by atoms with van der Waals surface area (Å²) in [5.41, 5.74) is 2.85. The number of ether oxygens (including phenoxy) is 4. The zero-order valence-electron chi connectivity index (χ0n) is 22.4. The van der Waals surface area contributed by atoms with Gasteiger partial charge in [0.2, 0.25) is 0 Å². The quantitative estimate of drug-likeness (QED) is 0.294. The Hall–Kier alpha value is -4.46. The third-order valence-electron chi connectivity index (χ3n) is 7.02. The van der Waals surface area contributed by atoms with Crippen LogP contribution in [-0.2, 0) is 11.2 Å². The first-order valence-corrected chi connectivity index (χ1v) is 12.8. The van der Waals surface area contributed by atoms with Gasteiger partial charge in [-0.2, -0.15) is 0 Å². The number of nitrogens with zero attached hydrogens (tertiary/aromatic N) is 1. The van der Waals surface area contributed by atoms with Crippen LogP contribution in [0.2, 0.25) is 0 Å². The van der Waals surface area contributed by atoms with Crippen molar-refractivity contribution < 1.29 is 28.2 Å². The summed E-state index contributed by atoms with van der Waals surface area (Å²) in [6.45, 7) is 4.28. The van der Waals surface area contributed by atoms with Gasteiger partial charge in [-0.3, -0.25) is 4.79 Å². The van der Waals surface area contributed by atoms with Gasteiger partial charge >= 0.3 is 5.63 Å². The van der Waals surface area contributed by atoms with E-state index in [1.165, 1.54) is 6.07 Å². The third-order valence-corrected chi connectivity index (χ3v) is 7.02. The number of benzene rings is 3. The molecule has 1 aromatic heterocycles. The largest absolute Gasteiger partial charge is 0.493 e. The molecule has 4 aromatic rings. The molecule has 0 spiro atoms. The molecule has 2 heterocycles. The van der Waals surface area contributed by atoms with E-state index in [9.17, 15) is 9.59 Å². The number of aryl methyl sites for hydroxylation is 1. The number of fused-ring (bicyclic) bond motifs is 2. The van der Waals surface area contributed by atoms with Gasteiger partial charge in [-0.25, -0.2) is 4.79 Å². The highest BCUT2D eigenvalue weighted by molar-refractivity contribution is 5.82. The Labute approximate surface area is 226 Å². The normalized spacial score (nSPS) is 15.4. The summed E-state index contributed by atoms with van der Waals surface area (Å²) in [6.07, 6.45) is -0.0503. The smallest absolute Gasteiger partial charge is 0.336 e. The summed E-state index contributed by atoms with van der Waals surface area (Å²) in [5, 5.41) is 0.838. The maximum Gasteiger partial charge on any atom is 0.336 e. The number of para-hydroxylation sites is 1. The molecule has 39 heavy (non-hydrogen) atoms. The second-order valence-electron chi connectivity index (χ2n) is 9.49. The third kappa shape index (κ3) is 5.41. The van der Waals surface area contributed by atoms with E-state index in [-0.39, 0.29) is 12.5 Å². The second kappa shape index (κ2) is 11.1. The summed E-state index contributed by atoms with van der Waals surface area (Å²) < 4.78 is 28.7. The van der Waals surface area contributed by atoms with Crippen LogP contribution in [-0.4, -0.2) is 44.3 Å². The summed E-state index contributed by atoms with van der Waals surface area (Å²) in [7, 11) is 3.19. The van der Waals surface area contributed by atoms with Crippen LogP contribution in [0.25, 0.3) is 11.0 Å². The first-order valence-electron chi connectivity index (χ1n) is 12.8. The SMILES string of the molecule is COc1cc2c(cc1OC)[C@H](COc1ccc3c(C)cc(=O)oc3c1)N(C(=O)[C@H](C)Oc1ccccc1)CC2. The number of rotatable bonds is 8. The van der Waals surface area contributed by atoms with Crippen LogP contribution in [0.4, 0.5) is 0 Å². The Morgan fingerprint density at radius 2 is 1.74 bits per heavy atom. The maximum atomic E-state index is 13.7. The molecule has 8 nitrogen and oxygen atoms in total. The van der Waals surface area contributed by atoms with E-state index >= 15 is 0 Å². The van der Waals surface area contributed by atoms with E-state index in [4.69, 9.17) is 23.4 Å². The fourth-order valence-electron chi connectivity index (χ4n) is 5.03. The Bertz CT molecular complexity index is 1550. The minimum Gasteiger partial charge on any atom is -0.493 e. The van der Waals surface area contributed by atoms with Crippen LogP contribution in [0.5, 0.6) is 23.0 Å². The van der Waals surface area contributed by atoms with E-state index in [0.717, 1.165) is 22.1 Å². The van der Waals surface area contributed by atoms with Crippen molar-refractivity contribution in [2.24, 2.45) is 0 Å². The second-order valence-corrected chi connectivity index (χ2v) is 9.49. The van der Waals surface area contributed by atoms with Gasteiger partial charge in [0.25, 0.3) is 5.91 Å². The van der Waals surface area contributed by atoms with Crippen LogP contribution in [0.15, 0.2) is 75.9 Å². The maximum absolute atomic E-state index is 13.7. The molecule has 1 aliphatic rings. The average Bonchev–Trinajstić information content (AvgIpc) is 2.94. The zero-order valence-corrected chi connectivity index (χ0v) is 22.4. The molecule has 0 N–H and O–H groups in total. The standard InChI is InChI=1S/C31H31NO7/c1-19-14-30(33)39-27-16-23(10-11-24(19)27)37-18-26-25-17-29(36-4)28(35-3)15-21(25)12-13-32(26)31(34)20(2)38-22-8-6-5-7-9-22/h5-11,14-17,20,26H,12-13,18H2,1-4H3/t20-,26-/m0/s1. The fourth-order valence-corrected chi connectivity index (χ4v) is 5.03. The number of amides is 1. The van der Waals surface area contributed by atoms with Gasteiger partial charge in [-0.15, -0.1) is 0 Å². The van der Waals surface area contributed by atoms with Gasteiger partial charge < -0.3 is 28.3 Å². The van der Waals surface area contributed by atoms with Crippen LogP contribution < -0.4 is 24.6 Å². The van der Waals surface area contributed by atoms with Crippen molar-refractivity contribution in [1.82, 2.24) is 4.90 Å². The van der Waals surface area contributed by atoms with Gasteiger partial charge in [0.15, 0.2) is 17.6 Å². The molecule has 0 unspecified atom stereocenters. The topological polar surface area (TPSA) is 87.4 Å². The molecule has 1 amide bonds. The predicted molar refractivity (Wildman–Crippen MR) is 147 cm³/mol. The Morgan fingerprint density at radius 3 is 2.49 bits per heavy atom. The van der Waals surface area contributed by atoms with Crippen LogP contribution >= 0.6 is 0 Å². The molecule has 1 aliphatic heterocycles. The van der Waals surface area contributed by atoms with E-state index < -0.39 is 17.8 Å². The van der Waals surface area contributed by atoms with Crippen LogP contribution in [0.3, 0.4) is 0 Å². The molecule has 2 atom stereocenters. The molecule has 0 radical (unpaired) electrons. The van der Waals surface area contributed by atoms with E-state index in [2.05, 4.69) is 0 Å². The molecule has 0 bridgehead atoms. The molecular weight excluding hydrogens is 498 g/mol. The Kier molecular flexibility index (Phi) is 7.45. The lowest BCUT2D eigenvalue weighted by Gasteiger charge is -2.38. The van der Waals surface area contributed by atoms with Crippen molar-refractivity contribution in [1.29, 1.82) is 0 Å².